The first-order valence-corrected chi connectivity index (χ1v) is 8.01. The lowest BCUT2D eigenvalue weighted by atomic mass is 10.1. The fraction of sp³-hybridized carbons (Fsp3) is 0.529. The largest absolute Gasteiger partial charge is 0.493 e. The standard InChI is InChI=1S/C17H27N3O4.ClH/c1-5-6-7-13(10-18)20-17(22)12-8-14(19-11(2)21)16(24-4)15(9-12)23-3;/h8-9,13H,5-7,10,18H2,1-4H3,(H,19,21)(H,20,22);1H. The minimum absolute atomic E-state index is 0. The van der Waals surface area contributed by atoms with Gasteiger partial charge in [-0.25, -0.2) is 0 Å². The summed E-state index contributed by atoms with van der Waals surface area (Å²) in [5.41, 5.74) is 6.47. The summed E-state index contributed by atoms with van der Waals surface area (Å²) in [6, 6.07) is 3.05. The molecule has 142 valence electrons. The van der Waals surface area contributed by atoms with Gasteiger partial charge in [-0.15, -0.1) is 12.4 Å². The first-order chi connectivity index (χ1) is 11.5. The molecular weight excluding hydrogens is 346 g/mol. The second kappa shape index (κ2) is 11.5. The Morgan fingerprint density at radius 2 is 1.92 bits per heavy atom. The zero-order valence-electron chi connectivity index (χ0n) is 15.2. The zero-order valence-corrected chi connectivity index (χ0v) is 16.0. The molecule has 0 bridgehead atoms. The Morgan fingerprint density at radius 3 is 2.40 bits per heavy atom. The van der Waals surface area contributed by atoms with Crippen LogP contribution in [0.3, 0.4) is 0 Å². The summed E-state index contributed by atoms with van der Waals surface area (Å²) in [4.78, 5) is 23.9. The van der Waals surface area contributed by atoms with Crippen LogP contribution in [-0.2, 0) is 4.79 Å². The molecule has 0 aliphatic rings. The highest BCUT2D eigenvalue weighted by molar-refractivity contribution is 5.99. The van der Waals surface area contributed by atoms with E-state index in [1.807, 2.05) is 0 Å². The average molecular weight is 374 g/mol. The number of rotatable bonds is 9. The number of hydrogen-bond donors (Lipinski definition) is 3. The van der Waals surface area contributed by atoms with Crippen molar-refractivity contribution in [1.82, 2.24) is 5.32 Å². The summed E-state index contributed by atoms with van der Waals surface area (Å²) in [6.07, 6.45) is 2.85. The van der Waals surface area contributed by atoms with Crippen LogP contribution in [0.5, 0.6) is 11.5 Å². The molecule has 1 atom stereocenters. The van der Waals surface area contributed by atoms with Gasteiger partial charge in [-0.3, -0.25) is 9.59 Å². The van der Waals surface area contributed by atoms with Crippen LogP contribution < -0.4 is 25.8 Å². The Kier molecular flexibility index (Phi) is 10.6. The second-order valence-corrected chi connectivity index (χ2v) is 5.49. The van der Waals surface area contributed by atoms with Crippen LogP contribution in [0.25, 0.3) is 0 Å². The summed E-state index contributed by atoms with van der Waals surface area (Å²) in [7, 11) is 2.94. The van der Waals surface area contributed by atoms with Gasteiger partial charge < -0.3 is 25.8 Å². The molecule has 0 heterocycles. The van der Waals surface area contributed by atoms with Crippen molar-refractivity contribution in [1.29, 1.82) is 0 Å². The van der Waals surface area contributed by atoms with Gasteiger partial charge in [0.15, 0.2) is 11.5 Å². The summed E-state index contributed by atoms with van der Waals surface area (Å²) in [5.74, 6) is 0.196. The minimum atomic E-state index is -0.269. The van der Waals surface area contributed by atoms with E-state index in [4.69, 9.17) is 15.2 Å². The Morgan fingerprint density at radius 1 is 1.24 bits per heavy atom. The molecule has 0 radical (unpaired) electrons. The van der Waals surface area contributed by atoms with Crippen molar-refractivity contribution in [3.8, 4) is 11.5 Å². The molecule has 0 spiro atoms. The first-order valence-electron chi connectivity index (χ1n) is 8.01. The van der Waals surface area contributed by atoms with E-state index in [2.05, 4.69) is 17.6 Å². The fourth-order valence-electron chi connectivity index (χ4n) is 2.35. The molecule has 1 aromatic rings. The van der Waals surface area contributed by atoms with Gasteiger partial charge in [-0.05, 0) is 18.6 Å². The van der Waals surface area contributed by atoms with Crippen LogP contribution in [0.15, 0.2) is 12.1 Å². The van der Waals surface area contributed by atoms with E-state index in [-0.39, 0.29) is 30.3 Å². The molecule has 1 rings (SSSR count). The van der Waals surface area contributed by atoms with E-state index in [0.29, 0.717) is 29.3 Å². The van der Waals surface area contributed by atoms with Crippen LogP contribution in [0.1, 0.15) is 43.5 Å². The quantitative estimate of drug-likeness (QED) is 0.616. The fourth-order valence-corrected chi connectivity index (χ4v) is 2.35. The molecule has 1 unspecified atom stereocenters. The van der Waals surface area contributed by atoms with E-state index in [1.54, 1.807) is 12.1 Å². The van der Waals surface area contributed by atoms with Crippen molar-refractivity contribution in [3.63, 3.8) is 0 Å². The van der Waals surface area contributed by atoms with Gasteiger partial charge in [-0.1, -0.05) is 19.8 Å². The number of anilines is 1. The summed E-state index contributed by atoms with van der Waals surface area (Å²) >= 11 is 0. The number of unbranched alkanes of at least 4 members (excludes halogenated alkanes) is 1. The molecule has 0 aliphatic carbocycles. The predicted octanol–water partition coefficient (Wildman–Crippen LogP) is 2.33. The molecule has 0 fully saturated rings. The maximum atomic E-state index is 12.5. The van der Waals surface area contributed by atoms with Gasteiger partial charge in [0.1, 0.15) is 0 Å². The van der Waals surface area contributed by atoms with Gasteiger partial charge in [0.05, 0.1) is 19.9 Å². The minimum Gasteiger partial charge on any atom is -0.493 e. The predicted molar refractivity (Wildman–Crippen MR) is 101 cm³/mol. The lowest BCUT2D eigenvalue weighted by Gasteiger charge is -2.18. The molecule has 8 heteroatoms. The number of ether oxygens (including phenoxy) is 2. The third-order valence-electron chi connectivity index (χ3n) is 3.58. The lowest BCUT2D eigenvalue weighted by molar-refractivity contribution is -0.114. The third kappa shape index (κ3) is 6.80. The smallest absolute Gasteiger partial charge is 0.251 e. The van der Waals surface area contributed by atoms with Gasteiger partial charge in [-0.2, -0.15) is 0 Å². The molecule has 4 N–H and O–H groups in total. The Hall–Kier alpha value is -1.99. The number of nitrogens with one attached hydrogen (secondary N) is 2. The SMILES string of the molecule is CCCCC(CN)NC(=O)c1cc(NC(C)=O)c(OC)c(OC)c1.Cl. The summed E-state index contributed by atoms with van der Waals surface area (Å²) in [5, 5.41) is 5.56. The number of benzene rings is 1. The number of carbonyl (C=O) groups excluding carboxylic acids is 2. The number of halogens is 1. The van der Waals surface area contributed by atoms with E-state index >= 15 is 0 Å². The molecular formula is C17H28ClN3O4. The molecule has 2 amide bonds. The topological polar surface area (TPSA) is 103 Å². The zero-order chi connectivity index (χ0) is 18.1. The van der Waals surface area contributed by atoms with Crippen molar-refractivity contribution >= 4 is 29.9 Å². The highest BCUT2D eigenvalue weighted by Gasteiger charge is 2.18. The monoisotopic (exact) mass is 373 g/mol. The van der Waals surface area contributed by atoms with Gasteiger partial charge in [0.25, 0.3) is 5.91 Å². The van der Waals surface area contributed by atoms with Crippen molar-refractivity contribution in [2.75, 3.05) is 26.1 Å². The van der Waals surface area contributed by atoms with Crippen LogP contribution in [0, 0.1) is 0 Å². The van der Waals surface area contributed by atoms with Crippen LogP contribution in [0.4, 0.5) is 5.69 Å². The summed E-state index contributed by atoms with van der Waals surface area (Å²) < 4.78 is 10.5. The molecule has 0 saturated carbocycles. The van der Waals surface area contributed by atoms with Crippen molar-refractivity contribution in [2.45, 2.75) is 39.2 Å². The number of hydrogen-bond acceptors (Lipinski definition) is 5. The molecule has 25 heavy (non-hydrogen) atoms. The molecule has 1 aromatic carbocycles. The highest BCUT2D eigenvalue weighted by atomic mass is 35.5. The van der Waals surface area contributed by atoms with E-state index in [9.17, 15) is 9.59 Å². The van der Waals surface area contributed by atoms with Gasteiger partial charge >= 0.3 is 0 Å². The number of carbonyl (C=O) groups is 2. The maximum Gasteiger partial charge on any atom is 0.251 e. The van der Waals surface area contributed by atoms with Crippen molar-refractivity contribution in [3.05, 3.63) is 17.7 Å². The van der Waals surface area contributed by atoms with E-state index in [1.165, 1.54) is 21.1 Å². The Labute approximate surface area is 155 Å². The molecule has 0 saturated heterocycles. The first kappa shape index (κ1) is 23.0. The Bertz CT molecular complexity index is 581. The number of methoxy groups -OCH3 is 2. The van der Waals surface area contributed by atoms with E-state index < -0.39 is 0 Å². The Balaban J connectivity index is 0.00000576. The van der Waals surface area contributed by atoms with E-state index in [0.717, 1.165) is 19.3 Å². The molecule has 0 aromatic heterocycles. The summed E-state index contributed by atoms with van der Waals surface area (Å²) in [6.45, 7) is 3.84. The number of nitrogens with two attached hydrogens (primary N) is 1. The second-order valence-electron chi connectivity index (χ2n) is 5.49. The maximum absolute atomic E-state index is 12.5. The highest BCUT2D eigenvalue weighted by Crippen LogP contribution is 2.36. The average Bonchev–Trinajstić information content (AvgIpc) is 2.56. The van der Waals surface area contributed by atoms with Crippen LogP contribution in [-0.4, -0.2) is 38.6 Å². The van der Waals surface area contributed by atoms with Gasteiger partial charge in [0.2, 0.25) is 5.91 Å². The third-order valence-corrected chi connectivity index (χ3v) is 3.58. The van der Waals surface area contributed by atoms with Gasteiger partial charge in [0, 0.05) is 25.1 Å². The molecule has 7 nitrogen and oxygen atoms in total. The lowest BCUT2D eigenvalue weighted by Crippen LogP contribution is -2.40. The van der Waals surface area contributed by atoms with Crippen LogP contribution >= 0.6 is 12.4 Å². The molecule has 0 aliphatic heterocycles. The number of amides is 2. The van der Waals surface area contributed by atoms with Crippen molar-refractivity contribution in [2.24, 2.45) is 5.73 Å². The van der Waals surface area contributed by atoms with Crippen molar-refractivity contribution < 1.29 is 19.1 Å². The normalized spacial score (nSPS) is 11.1. The van der Waals surface area contributed by atoms with Crippen LogP contribution in [0.2, 0.25) is 0 Å².